The van der Waals surface area contributed by atoms with Crippen LogP contribution in [0, 0.1) is 13.8 Å². The Morgan fingerprint density at radius 2 is 1.02 bits per heavy atom. The second-order valence-corrected chi connectivity index (χ2v) is 10.6. The van der Waals surface area contributed by atoms with E-state index in [9.17, 15) is 19.2 Å². The zero-order chi connectivity index (χ0) is 31.4. The highest BCUT2D eigenvalue weighted by molar-refractivity contribution is 6.33. The predicted octanol–water partition coefficient (Wildman–Crippen LogP) is 5.33. The summed E-state index contributed by atoms with van der Waals surface area (Å²) in [5.41, 5.74) is 17.6. The SMILES string of the molecule is CC(=O)OCc1c(CCCOC(=O)CCC(=O)OCCCc2cc(Cl)c(N)c(C)c2COC(C)=O)cc(Cl)c(N)c1C. The lowest BCUT2D eigenvalue weighted by Crippen LogP contribution is -2.13. The predicted molar refractivity (Wildman–Crippen MR) is 160 cm³/mol. The first kappa shape index (κ1) is 34.7. The van der Waals surface area contributed by atoms with Gasteiger partial charge in [-0.25, -0.2) is 0 Å². The number of anilines is 2. The lowest BCUT2D eigenvalue weighted by atomic mass is 9.97. The Morgan fingerprint density at radius 3 is 1.36 bits per heavy atom. The fraction of sp³-hybridized carbons (Fsp3) is 0.467. The Balaban J connectivity index is 1.75. The number of carbonyl (C=O) groups is 4. The van der Waals surface area contributed by atoms with Gasteiger partial charge in [-0.2, -0.15) is 0 Å². The van der Waals surface area contributed by atoms with Crippen molar-refractivity contribution in [2.45, 2.75) is 79.4 Å². The molecule has 2 aromatic carbocycles. The topological polar surface area (TPSA) is 157 Å². The van der Waals surface area contributed by atoms with E-state index in [1.54, 1.807) is 26.0 Å². The summed E-state index contributed by atoms with van der Waals surface area (Å²) in [6.07, 6.45) is 1.82. The molecule has 0 unspecified atom stereocenters. The molecule has 0 aliphatic rings. The summed E-state index contributed by atoms with van der Waals surface area (Å²) in [5, 5.41) is 0.804. The van der Waals surface area contributed by atoms with E-state index in [4.69, 9.17) is 53.6 Å². The van der Waals surface area contributed by atoms with Gasteiger partial charge in [0, 0.05) is 13.8 Å². The first-order valence-electron chi connectivity index (χ1n) is 13.5. The molecule has 0 amide bonds. The van der Waals surface area contributed by atoms with Crippen molar-refractivity contribution in [1.82, 2.24) is 0 Å². The minimum absolute atomic E-state index is 0.0720. The molecule has 0 bridgehead atoms. The minimum Gasteiger partial charge on any atom is -0.466 e. The number of rotatable bonds is 15. The summed E-state index contributed by atoms with van der Waals surface area (Å²) in [5.74, 6) is -1.84. The van der Waals surface area contributed by atoms with Gasteiger partial charge in [0.2, 0.25) is 0 Å². The van der Waals surface area contributed by atoms with Gasteiger partial charge in [-0.05, 0) is 85.0 Å². The van der Waals surface area contributed by atoms with E-state index in [1.807, 2.05) is 0 Å². The number of hydrogen-bond acceptors (Lipinski definition) is 10. The number of nitrogen functional groups attached to an aromatic ring is 2. The van der Waals surface area contributed by atoms with E-state index in [-0.39, 0.29) is 39.3 Å². The maximum Gasteiger partial charge on any atom is 0.306 e. The highest BCUT2D eigenvalue weighted by Gasteiger charge is 2.16. The molecule has 0 aliphatic carbocycles. The summed E-state index contributed by atoms with van der Waals surface area (Å²) in [7, 11) is 0. The highest BCUT2D eigenvalue weighted by atomic mass is 35.5. The molecular weight excluding hydrogens is 587 g/mol. The second-order valence-electron chi connectivity index (χ2n) is 9.78. The van der Waals surface area contributed by atoms with Gasteiger partial charge in [-0.1, -0.05) is 23.2 Å². The van der Waals surface area contributed by atoms with Gasteiger partial charge in [-0.15, -0.1) is 0 Å². The summed E-state index contributed by atoms with van der Waals surface area (Å²) in [6, 6.07) is 3.45. The van der Waals surface area contributed by atoms with Crippen molar-refractivity contribution < 1.29 is 38.1 Å². The monoisotopic (exact) mass is 624 g/mol. The van der Waals surface area contributed by atoms with Crippen LogP contribution >= 0.6 is 23.2 Å². The van der Waals surface area contributed by atoms with Crippen LogP contribution in [0.3, 0.4) is 0 Å². The third-order valence-corrected chi connectivity index (χ3v) is 7.31. The third kappa shape index (κ3) is 10.7. The van der Waals surface area contributed by atoms with Gasteiger partial charge >= 0.3 is 23.9 Å². The highest BCUT2D eigenvalue weighted by Crippen LogP contribution is 2.31. The van der Waals surface area contributed by atoms with Crippen LogP contribution in [-0.2, 0) is 64.2 Å². The molecule has 2 rings (SSSR count). The lowest BCUT2D eigenvalue weighted by molar-refractivity contribution is -0.150. The number of esters is 4. The first-order chi connectivity index (χ1) is 19.8. The molecular formula is C30H38Cl2N2O8. The van der Waals surface area contributed by atoms with Crippen molar-refractivity contribution in [1.29, 1.82) is 0 Å². The number of nitrogens with two attached hydrogens (primary N) is 2. The van der Waals surface area contributed by atoms with Gasteiger partial charge in [0.25, 0.3) is 0 Å². The van der Waals surface area contributed by atoms with Crippen LogP contribution in [0.5, 0.6) is 0 Å². The molecule has 2 aromatic rings. The standard InChI is InChI=1S/C30H38Cl2N2O8/c1-17-23(15-41-19(3)35)21(13-25(31)29(17)33)7-5-11-39-27(37)9-10-28(38)40-12-6-8-22-14-26(32)30(34)18(2)24(22)16-42-20(4)36/h13-14H,5-12,15-16,33-34H2,1-4H3. The lowest BCUT2D eigenvalue weighted by Gasteiger charge is -2.16. The van der Waals surface area contributed by atoms with Gasteiger partial charge in [-0.3, -0.25) is 19.2 Å². The molecule has 12 heteroatoms. The van der Waals surface area contributed by atoms with Crippen LogP contribution in [0.4, 0.5) is 11.4 Å². The van der Waals surface area contributed by atoms with E-state index in [1.165, 1.54) is 13.8 Å². The van der Waals surface area contributed by atoms with Crippen LogP contribution in [0.1, 0.15) is 72.9 Å². The van der Waals surface area contributed by atoms with E-state index >= 15 is 0 Å². The molecule has 0 saturated carbocycles. The zero-order valence-corrected chi connectivity index (χ0v) is 25.9. The van der Waals surface area contributed by atoms with Gasteiger partial charge in [0.1, 0.15) is 13.2 Å². The fourth-order valence-corrected chi connectivity index (χ4v) is 4.79. The van der Waals surface area contributed by atoms with Crippen LogP contribution < -0.4 is 11.5 Å². The largest absolute Gasteiger partial charge is 0.466 e. The molecule has 0 spiro atoms. The van der Waals surface area contributed by atoms with E-state index in [0.29, 0.717) is 47.1 Å². The minimum atomic E-state index is -0.513. The van der Waals surface area contributed by atoms with Crippen LogP contribution in [0.2, 0.25) is 10.0 Å². The van der Waals surface area contributed by atoms with Crippen molar-refractivity contribution in [3.8, 4) is 0 Å². The Morgan fingerprint density at radius 1 is 0.667 bits per heavy atom. The first-order valence-corrected chi connectivity index (χ1v) is 14.3. The second kappa shape index (κ2) is 16.8. The molecule has 10 nitrogen and oxygen atoms in total. The smallest absolute Gasteiger partial charge is 0.306 e. The fourth-order valence-electron chi connectivity index (χ4n) is 4.24. The molecule has 0 heterocycles. The van der Waals surface area contributed by atoms with Crippen LogP contribution in [-0.4, -0.2) is 37.1 Å². The van der Waals surface area contributed by atoms with Crippen molar-refractivity contribution >= 4 is 58.5 Å². The Bertz CT molecular complexity index is 1210. The molecule has 230 valence electrons. The number of benzene rings is 2. The van der Waals surface area contributed by atoms with E-state index in [0.717, 1.165) is 33.4 Å². The van der Waals surface area contributed by atoms with E-state index in [2.05, 4.69) is 0 Å². The molecule has 0 aromatic heterocycles. The van der Waals surface area contributed by atoms with Gasteiger partial charge in [0.15, 0.2) is 0 Å². The summed E-state index contributed by atoms with van der Waals surface area (Å²) < 4.78 is 20.8. The van der Waals surface area contributed by atoms with Crippen LogP contribution in [0.25, 0.3) is 0 Å². The Hall–Kier alpha value is -3.50. The average Bonchev–Trinajstić information content (AvgIpc) is 2.93. The van der Waals surface area contributed by atoms with Crippen LogP contribution in [0.15, 0.2) is 12.1 Å². The normalized spacial score (nSPS) is 10.7. The molecule has 0 saturated heterocycles. The number of aryl methyl sites for hydroxylation is 2. The third-order valence-electron chi connectivity index (χ3n) is 6.68. The van der Waals surface area contributed by atoms with Gasteiger partial charge < -0.3 is 30.4 Å². The summed E-state index contributed by atoms with van der Waals surface area (Å²) in [4.78, 5) is 46.8. The Kier molecular flexibility index (Phi) is 13.9. The van der Waals surface area contributed by atoms with Crippen molar-refractivity contribution in [2.24, 2.45) is 0 Å². The molecule has 42 heavy (non-hydrogen) atoms. The maximum absolute atomic E-state index is 12.1. The quantitative estimate of drug-likeness (QED) is 0.115. The summed E-state index contributed by atoms with van der Waals surface area (Å²) >= 11 is 12.4. The Labute approximate surface area is 255 Å². The molecule has 0 fully saturated rings. The van der Waals surface area contributed by atoms with E-state index < -0.39 is 23.9 Å². The van der Waals surface area contributed by atoms with Crippen molar-refractivity contribution in [3.05, 3.63) is 55.6 Å². The maximum atomic E-state index is 12.1. The number of ether oxygens (including phenoxy) is 4. The number of hydrogen-bond donors (Lipinski definition) is 2. The summed E-state index contributed by atoms with van der Waals surface area (Å²) in [6.45, 7) is 6.69. The molecule has 0 radical (unpaired) electrons. The number of halogens is 2. The molecule has 0 atom stereocenters. The molecule has 4 N–H and O–H groups in total. The van der Waals surface area contributed by atoms with Crippen molar-refractivity contribution in [3.63, 3.8) is 0 Å². The zero-order valence-electron chi connectivity index (χ0n) is 24.4. The van der Waals surface area contributed by atoms with Crippen molar-refractivity contribution in [2.75, 3.05) is 24.7 Å². The van der Waals surface area contributed by atoms with Gasteiger partial charge in [0.05, 0.1) is 47.5 Å². The molecule has 0 aliphatic heterocycles. The number of carbonyl (C=O) groups excluding carboxylic acids is 4. The average molecular weight is 626 g/mol.